The molecule has 4 aromatic carbocycles. The first-order valence-electron chi connectivity index (χ1n) is 10.6. The van der Waals surface area contributed by atoms with Crippen molar-refractivity contribution in [3.63, 3.8) is 0 Å². The van der Waals surface area contributed by atoms with Crippen molar-refractivity contribution in [2.24, 2.45) is 10.3 Å². The maximum absolute atomic E-state index is 11.9. The summed E-state index contributed by atoms with van der Waals surface area (Å²) in [5.74, 6) is -1.01. The van der Waals surface area contributed by atoms with Crippen molar-refractivity contribution >= 4 is 36.1 Å². The van der Waals surface area contributed by atoms with Crippen LogP contribution in [0.2, 0.25) is 0 Å². The fourth-order valence-corrected chi connectivity index (χ4v) is 3.72. The number of hydrogen-bond acceptors (Lipinski definition) is 7. The molecule has 0 amide bonds. The molecule has 0 fully saturated rings. The maximum atomic E-state index is 11.9. The molecule has 0 radical (unpaired) electrons. The van der Waals surface area contributed by atoms with Gasteiger partial charge in [-0.25, -0.2) is 9.59 Å². The molecule has 0 aliphatic rings. The van der Waals surface area contributed by atoms with E-state index >= 15 is 0 Å². The van der Waals surface area contributed by atoms with Crippen LogP contribution in [0.4, 0.5) is 0 Å². The summed E-state index contributed by atoms with van der Waals surface area (Å²) in [5, 5.41) is 7.54. The van der Waals surface area contributed by atoms with Crippen LogP contribution >= 0.6 is 11.8 Å². The molecule has 0 saturated heterocycles. The highest BCUT2D eigenvalue weighted by atomic mass is 32.2. The van der Waals surface area contributed by atoms with Crippen LogP contribution in [0.1, 0.15) is 31.8 Å². The Hall–Kier alpha value is -4.49. The molecule has 0 atom stereocenters. The number of hydrogen-bond donors (Lipinski definition) is 0. The lowest BCUT2D eigenvalue weighted by Crippen LogP contribution is -2.00. The molecular weight excluding hydrogens is 460 g/mol. The fourth-order valence-electron chi connectivity index (χ4n) is 2.90. The van der Waals surface area contributed by atoms with Crippen LogP contribution in [0, 0.1) is 0 Å². The van der Waals surface area contributed by atoms with Crippen LogP contribution in [0.25, 0.3) is 0 Å². The van der Waals surface area contributed by atoms with E-state index in [9.17, 15) is 9.59 Å². The molecule has 0 saturated carbocycles. The Morgan fingerprint density at radius 3 is 1.29 bits per heavy atom. The highest BCUT2D eigenvalue weighted by Gasteiger charge is 2.06. The number of benzene rings is 4. The fraction of sp³-hybridized carbons (Fsp3) is 0. The molecule has 172 valence electrons. The van der Waals surface area contributed by atoms with Crippen molar-refractivity contribution in [2.45, 2.75) is 9.79 Å². The molecule has 0 aliphatic carbocycles. The third kappa shape index (κ3) is 7.25. The van der Waals surface area contributed by atoms with Crippen LogP contribution in [0.5, 0.6) is 0 Å². The summed E-state index contributed by atoms with van der Waals surface area (Å²) in [4.78, 5) is 35.7. The standard InChI is InChI=1S/C28H20N2O4S/c31-27(23-7-3-1-4-8-23)33-29-19-21-11-15-25(16-12-21)35-26-17-13-22(14-18-26)20-30-34-28(32)24-9-5-2-6-10-24/h1-20H. The van der Waals surface area contributed by atoms with Gasteiger partial charge < -0.3 is 9.68 Å². The molecule has 6 nitrogen and oxygen atoms in total. The average molecular weight is 481 g/mol. The molecule has 0 aromatic heterocycles. The zero-order valence-electron chi connectivity index (χ0n) is 18.5. The summed E-state index contributed by atoms with van der Waals surface area (Å²) in [6, 6.07) is 32.8. The van der Waals surface area contributed by atoms with E-state index in [1.165, 1.54) is 12.4 Å². The van der Waals surface area contributed by atoms with Gasteiger partial charge in [0.15, 0.2) is 0 Å². The first-order valence-corrected chi connectivity index (χ1v) is 11.5. The number of oxime groups is 2. The molecular formula is C28H20N2O4S. The first-order chi connectivity index (χ1) is 17.2. The predicted octanol–water partition coefficient (Wildman–Crippen LogP) is 6.22. The third-order valence-electron chi connectivity index (χ3n) is 4.69. The van der Waals surface area contributed by atoms with Gasteiger partial charge in [-0.2, -0.15) is 0 Å². The van der Waals surface area contributed by atoms with Crippen LogP contribution in [-0.2, 0) is 9.68 Å². The number of carbonyl (C=O) groups is 2. The molecule has 0 bridgehead atoms. The summed E-state index contributed by atoms with van der Waals surface area (Å²) < 4.78 is 0. The van der Waals surface area contributed by atoms with Crippen molar-refractivity contribution in [3.8, 4) is 0 Å². The lowest BCUT2D eigenvalue weighted by atomic mass is 10.2. The average Bonchev–Trinajstić information content (AvgIpc) is 2.91. The van der Waals surface area contributed by atoms with Gasteiger partial charge in [-0.3, -0.25) is 0 Å². The van der Waals surface area contributed by atoms with E-state index in [4.69, 9.17) is 9.68 Å². The minimum atomic E-state index is -0.503. The van der Waals surface area contributed by atoms with Gasteiger partial charge in [-0.1, -0.05) is 82.7 Å². The Balaban J connectivity index is 1.26. The molecule has 4 aromatic rings. The Kier molecular flexibility index (Phi) is 8.18. The highest BCUT2D eigenvalue weighted by molar-refractivity contribution is 7.99. The molecule has 0 heterocycles. The Morgan fingerprint density at radius 2 is 0.914 bits per heavy atom. The van der Waals surface area contributed by atoms with Gasteiger partial charge in [0.05, 0.1) is 23.6 Å². The van der Waals surface area contributed by atoms with Gasteiger partial charge in [0.1, 0.15) is 0 Å². The molecule has 4 rings (SSSR count). The Labute approximate surface area is 206 Å². The van der Waals surface area contributed by atoms with Gasteiger partial charge in [-0.05, 0) is 59.7 Å². The first kappa shape index (κ1) is 23.7. The summed E-state index contributed by atoms with van der Waals surface area (Å²) in [6.45, 7) is 0. The highest BCUT2D eigenvalue weighted by Crippen LogP contribution is 2.27. The van der Waals surface area contributed by atoms with Gasteiger partial charge in [-0.15, -0.1) is 0 Å². The van der Waals surface area contributed by atoms with Crippen molar-refractivity contribution < 1.29 is 19.3 Å². The lowest BCUT2D eigenvalue weighted by Gasteiger charge is -2.03. The lowest BCUT2D eigenvalue weighted by molar-refractivity contribution is 0.0510. The van der Waals surface area contributed by atoms with Gasteiger partial charge in [0, 0.05) is 9.79 Å². The zero-order valence-corrected chi connectivity index (χ0v) is 19.3. The van der Waals surface area contributed by atoms with Gasteiger partial charge >= 0.3 is 11.9 Å². The second kappa shape index (κ2) is 12.1. The van der Waals surface area contributed by atoms with E-state index in [-0.39, 0.29) is 0 Å². The molecule has 0 spiro atoms. The number of carbonyl (C=O) groups excluding carboxylic acids is 2. The summed E-state index contributed by atoms with van der Waals surface area (Å²) in [5.41, 5.74) is 2.52. The van der Waals surface area contributed by atoms with Crippen molar-refractivity contribution in [1.29, 1.82) is 0 Å². The van der Waals surface area contributed by atoms with E-state index in [0.717, 1.165) is 20.9 Å². The third-order valence-corrected chi connectivity index (χ3v) is 5.71. The number of rotatable bonds is 8. The van der Waals surface area contributed by atoms with E-state index in [1.807, 2.05) is 60.7 Å². The predicted molar refractivity (Wildman–Crippen MR) is 136 cm³/mol. The van der Waals surface area contributed by atoms with E-state index < -0.39 is 11.9 Å². The molecule has 7 heteroatoms. The SMILES string of the molecule is O=C(ON=Cc1ccc(Sc2ccc(C=NOC(=O)c3ccccc3)cc2)cc1)c1ccccc1. The van der Waals surface area contributed by atoms with Gasteiger partial charge in [0.25, 0.3) is 0 Å². The van der Waals surface area contributed by atoms with E-state index in [0.29, 0.717) is 11.1 Å². The number of nitrogens with zero attached hydrogens (tertiary/aromatic N) is 2. The van der Waals surface area contributed by atoms with Crippen LogP contribution < -0.4 is 0 Å². The molecule has 0 unspecified atom stereocenters. The minimum Gasteiger partial charge on any atom is -0.313 e. The second-order valence-electron chi connectivity index (χ2n) is 7.20. The molecule has 0 N–H and O–H groups in total. The largest absolute Gasteiger partial charge is 0.365 e. The smallest absolute Gasteiger partial charge is 0.313 e. The Bertz CT molecular complexity index is 1220. The Morgan fingerprint density at radius 1 is 0.543 bits per heavy atom. The van der Waals surface area contributed by atoms with Gasteiger partial charge in [0.2, 0.25) is 0 Å². The van der Waals surface area contributed by atoms with Crippen molar-refractivity contribution in [2.75, 3.05) is 0 Å². The molecule has 0 aliphatic heterocycles. The monoisotopic (exact) mass is 480 g/mol. The van der Waals surface area contributed by atoms with Crippen LogP contribution in [0.3, 0.4) is 0 Å². The second-order valence-corrected chi connectivity index (χ2v) is 8.35. The topological polar surface area (TPSA) is 77.3 Å². The van der Waals surface area contributed by atoms with E-state index in [1.54, 1.807) is 60.3 Å². The van der Waals surface area contributed by atoms with Crippen LogP contribution in [-0.4, -0.2) is 24.4 Å². The maximum Gasteiger partial charge on any atom is 0.365 e. The van der Waals surface area contributed by atoms with Crippen molar-refractivity contribution in [1.82, 2.24) is 0 Å². The minimum absolute atomic E-state index is 0.446. The summed E-state index contributed by atoms with van der Waals surface area (Å²) in [6.07, 6.45) is 2.99. The summed E-state index contributed by atoms with van der Waals surface area (Å²) >= 11 is 1.60. The van der Waals surface area contributed by atoms with Crippen molar-refractivity contribution in [3.05, 3.63) is 131 Å². The normalized spacial score (nSPS) is 11.0. The van der Waals surface area contributed by atoms with E-state index in [2.05, 4.69) is 10.3 Å². The summed E-state index contributed by atoms with van der Waals surface area (Å²) in [7, 11) is 0. The quantitative estimate of drug-likeness (QED) is 0.170. The zero-order chi connectivity index (χ0) is 24.3. The molecule has 35 heavy (non-hydrogen) atoms. The van der Waals surface area contributed by atoms with Crippen LogP contribution in [0.15, 0.2) is 129 Å².